The Morgan fingerprint density at radius 2 is 2.33 bits per heavy atom. The zero-order valence-electron chi connectivity index (χ0n) is 9.37. The minimum Gasteiger partial charge on any atom is -0.463 e. The monoisotopic (exact) mass is 212 g/mol. The van der Waals surface area contributed by atoms with Crippen LogP contribution in [-0.4, -0.2) is 49.7 Å². The molecule has 4 heteroatoms. The van der Waals surface area contributed by atoms with Crippen molar-refractivity contribution in [1.82, 2.24) is 10.2 Å². The molecule has 2 fully saturated rings. The summed E-state index contributed by atoms with van der Waals surface area (Å²) in [4.78, 5) is 13.5. The third-order valence-electron chi connectivity index (χ3n) is 3.54. The molecule has 2 atom stereocenters. The van der Waals surface area contributed by atoms with Gasteiger partial charge in [-0.05, 0) is 26.3 Å². The predicted molar refractivity (Wildman–Crippen MR) is 57.6 cm³/mol. The van der Waals surface area contributed by atoms with E-state index in [-0.39, 0.29) is 5.97 Å². The normalized spacial score (nSPS) is 33.8. The molecule has 2 unspecified atom stereocenters. The summed E-state index contributed by atoms with van der Waals surface area (Å²) in [7, 11) is 2.03. The molecule has 2 rings (SSSR count). The summed E-state index contributed by atoms with van der Waals surface area (Å²) in [5.41, 5.74) is 0. The number of ether oxygens (including phenoxy) is 1. The Morgan fingerprint density at radius 1 is 1.47 bits per heavy atom. The minimum absolute atomic E-state index is 0.0622. The maximum absolute atomic E-state index is 11.2. The van der Waals surface area contributed by atoms with Crippen LogP contribution in [0, 0.1) is 0 Å². The van der Waals surface area contributed by atoms with E-state index in [9.17, 15) is 4.79 Å². The van der Waals surface area contributed by atoms with Gasteiger partial charge in [0.05, 0.1) is 6.54 Å². The first-order valence-corrected chi connectivity index (χ1v) is 5.86. The maximum Gasteiger partial charge on any atom is 0.320 e. The summed E-state index contributed by atoms with van der Waals surface area (Å²) < 4.78 is 4.96. The lowest BCUT2D eigenvalue weighted by atomic mass is 9.90. The second kappa shape index (κ2) is 4.94. The van der Waals surface area contributed by atoms with Gasteiger partial charge in [0, 0.05) is 18.6 Å². The van der Waals surface area contributed by atoms with Gasteiger partial charge in [-0.2, -0.15) is 0 Å². The Balaban J connectivity index is 1.88. The second-order valence-corrected chi connectivity index (χ2v) is 4.50. The van der Waals surface area contributed by atoms with Crippen LogP contribution in [0.25, 0.3) is 0 Å². The van der Waals surface area contributed by atoms with Crippen LogP contribution in [0.5, 0.6) is 0 Å². The lowest BCUT2D eigenvalue weighted by Gasteiger charge is -2.38. The molecule has 0 amide bonds. The number of carbonyl (C=O) groups is 1. The van der Waals surface area contributed by atoms with E-state index in [4.69, 9.17) is 4.74 Å². The van der Waals surface area contributed by atoms with Crippen molar-refractivity contribution in [3.8, 4) is 0 Å². The van der Waals surface area contributed by atoms with Crippen LogP contribution in [0.2, 0.25) is 0 Å². The molecule has 0 aromatic heterocycles. The summed E-state index contributed by atoms with van der Waals surface area (Å²) in [6.45, 7) is 1.97. The fraction of sp³-hybridized carbons (Fsp3) is 0.909. The summed E-state index contributed by atoms with van der Waals surface area (Å²) in [6, 6.07) is 1.20. The number of hydrogen-bond donors (Lipinski definition) is 1. The van der Waals surface area contributed by atoms with Crippen molar-refractivity contribution in [2.75, 3.05) is 26.7 Å². The fourth-order valence-corrected chi connectivity index (χ4v) is 2.64. The van der Waals surface area contributed by atoms with Crippen LogP contribution in [0.15, 0.2) is 0 Å². The number of morpholine rings is 1. The highest BCUT2D eigenvalue weighted by atomic mass is 16.5. The molecule has 0 aromatic rings. The van der Waals surface area contributed by atoms with Crippen LogP contribution in [0.4, 0.5) is 0 Å². The lowest BCUT2D eigenvalue weighted by molar-refractivity contribution is -0.152. The minimum atomic E-state index is -0.0622. The molecule has 1 N–H and O–H groups in total. The van der Waals surface area contributed by atoms with Gasteiger partial charge in [-0.15, -0.1) is 0 Å². The van der Waals surface area contributed by atoms with E-state index in [0.717, 1.165) is 6.54 Å². The van der Waals surface area contributed by atoms with Gasteiger partial charge >= 0.3 is 5.97 Å². The zero-order valence-corrected chi connectivity index (χ0v) is 9.37. The average molecular weight is 212 g/mol. The van der Waals surface area contributed by atoms with E-state index >= 15 is 0 Å². The average Bonchev–Trinajstić information content (AvgIpc) is 2.29. The van der Waals surface area contributed by atoms with Crippen LogP contribution < -0.4 is 5.32 Å². The van der Waals surface area contributed by atoms with Gasteiger partial charge < -0.3 is 10.1 Å². The molecule has 86 valence electrons. The Hall–Kier alpha value is -0.610. The van der Waals surface area contributed by atoms with Gasteiger partial charge in [-0.3, -0.25) is 9.69 Å². The molecule has 0 aromatic carbocycles. The smallest absolute Gasteiger partial charge is 0.320 e. The van der Waals surface area contributed by atoms with E-state index in [1.54, 1.807) is 0 Å². The van der Waals surface area contributed by atoms with Gasteiger partial charge in [-0.25, -0.2) is 0 Å². The molecule has 1 saturated carbocycles. The quantitative estimate of drug-likeness (QED) is 0.672. The number of hydrogen-bond acceptors (Lipinski definition) is 4. The highest BCUT2D eigenvalue weighted by Gasteiger charge is 2.29. The number of nitrogens with one attached hydrogen (secondary N) is 1. The van der Waals surface area contributed by atoms with Crippen LogP contribution >= 0.6 is 0 Å². The van der Waals surface area contributed by atoms with Gasteiger partial charge in [0.15, 0.2) is 0 Å². The van der Waals surface area contributed by atoms with E-state index in [2.05, 4.69) is 10.2 Å². The molecule has 4 nitrogen and oxygen atoms in total. The summed E-state index contributed by atoms with van der Waals surface area (Å²) in [6.07, 6.45) is 4.93. The highest BCUT2D eigenvalue weighted by molar-refractivity contribution is 5.72. The molecule has 0 spiro atoms. The van der Waals surface area contributed by atoms with E-state index in [1.807, 2.05) is 7.05 Å². The molecule has 1 aliphatic carbocycles. The first-order valence-electron chi connectivity index (χ1n) is 5.86. The summed E-state index contributed by atoms with van der Waals surface area (Å²) in [5, 5.41) is 3.34. The summed E-state index contributed by atoms with van der Waals surface area (Å²) >= 11 is 0. The van der Waals surface area contributed by atoms with Crippen molar-refractivity contribution in [2.45, 2.75) is 37.8 Å². The van der Waals surface area contributed by atoms with Gasteiger partial charge in [0.25, 0.3) is 0 Å². The first-order chi connectivity index (χ1) is 7.29. The topological polar surface area (TPSA) is 41.6 Å². The molecule has 0 bridgehead atoms. The van der Waals surface area contributed by atoms with Crippen molar-refractivity contribution in [3.63, 3.8) is 0 Å². The Bertz CT molecular complexity index is 233. The van der Waals surface area contributed by atoms with Crippen molar-refractivity contribution in [2.24, 2.45) is 0 Å². The SMILES string of the molecule is CNC1CCCC(N2CCOC(=O)C2)C1. The van der Waals surface area contributed by atoms with Gasteiger partial charge in [0.1, 0.15) is 6.61 Å². The largest absolute Gasteiger partial charge is 0.463 e. The maximum atomic E-state index is 11.2. The molecule has 0 radical (unpaired) electrons. The standard InChI is InChI=1S/C11H20N2O2/c1-12-9-3-2-4-10(7-9)13-5-6-15-11(14)8-13/h9-10,12H,2-8H2,1H3. The lowest BCUT2D eigenvalue weighted by Crippen LogP contribution is -2.49. The van der Waals surface area contributed by atoms with Crippen molar-refractivity contribution < 1.29 is 9.53 Å². The Morgan fingerprint density at radius 3 is 3.07 bits per heavy atom. The number of nitrogens with zero attached hydrogens (tertiary/aromatic N) is 1. The molecular weight excluding hydrogens is 192 g/mol. The summed E-state index contributed by atoms with van der Waals surface area (Å²) in [5.74, 6) is -0.0622. The van der Waals surface area contributed by atoms with Crippen LogP contribution in [0.1, 0.15) is 25.7 Å². The number of rotatable bonds is 2. The molecular formula is C11H20N2O2. The second-order valence-electron chi connectivity index (χ2n) is 4.50. The van der Waals surface area contributed by atoms with Crippen LogP contribution in [-0.2, 0) is 9.53 Å². The van der Waals surface area contributed by atoms with E-state index in [0.29, 0.717) is 25.2 Å². The number of carbonyl (C=O) groups excluding carboxylic acids is 1. The molecule has 15 heavy (non-hydrogen) atoms. The third-order valence-corrected chi connectivity index (χ3v) is 3.54. The van der Waals surface area contributed by atoms with Crippen molar-refractivity contribution >= 4 is 5.97 Å². The van der Waals surface area contributed by atoms with E-state index in [1.165, 1.54) is 25.7 Å². The number of cyclic esters (lactones) is 1. The number of esters is 1. The molecule has 1 saturated heterocycles. The predicted octanol–water partition coefficient (Wildman–Crippen LogP) is 0.376. The molecule has 2 aliphatic rings. The van der Waals surface area contributed by atoms with Gasteiger partial charge in [-0.1, -0.05) is 6.42 Å². The zero-order chi connectivity index (χ0) is 10.7. The fourth-order valence-electron chi connectivity index (χ4n) is 2.64. The molecule has 1 heterocycles. The van der Waals surface area contributed by atoms with Crippen LogP contribution in [0.3, 0.4) is 0 Å². The molecule has 1 aliphatic heterocycles. The Kier molecular flexibility index (Phi) is 3.59. The third kappa shape index (κ3) is 2.69. The van der Waals surface area contributed by atoms with Gasteiger partial charge in [0.2, 0.25) is 0 Å². The van der Waals surface area contributed by atoms with Crippen molar-refractivity contribution in [3.05, 3.63) is 0 Å². The first kappa shape index (κ1) is 10.9. The van der Waals surface area contributed by atoms with E-state index < -0.39 is 0 Å². The Labute approximate surface area is 91.0 Å². The van der Waals surface area contributed by atoms with Crippen molar-refractivity contribution in [1.29, 1.82) is 0 Å². The highest BCUT2D eigenvalue weighted by Crippen LogP contribution is 2.23.